The number of hydrogen-bond acceptors (Lipinski definition) is 3. The van der Waals surface area contributed by atoms with E-state index >= 15 is 0 Å². The predicted octanol–water partition coefficient (Wildman–Crippen LogP) is 3.42. The van der Waals surface area contributed by atoms with E-state index < -0.39 is 4.92 Å². The number of nitro benzene ring substituents is 1. The summed E-state index contributed by atoms with van der Waals surface area (Å²) >= 11 is 3.38. The van der Waals surface area contributed by atoms with Crippen LogP contribution in [0.3, 0.4) is 0 Å². The molecule has 2 aromatic carbocycles. The Balaban J connectivity index is 1.99. The van der Waals surface area contributed by atoms with Gasteiger partial charge >= 0.3 is 0 Å². The first-order chi connectivity index (χ1) is 10.1. The third-order valence-corrected chi connectivity index (χ3v) is 3.59. The zero-order valence-corrected chi connectivity index (χ0v) is 12.7. The minimum Gasteiger partial charge on any atom is -0.348 e. The maximum Gasteiger partial charge on any atom is 0.269 e. The lowest BCUT2D eigenvalue weighted by Gasteiger charge is -2.06. The molecule has 0 heterocycles. The highest BCUT2D eigenvalue weighted by Gasteiger charge is 2.09. The first-order valence-electron chi connectivity index (χ1n) is 6.26. The average molecular weight is 349 g/mol. The van der Waals surface area contributed by atoms with Gasteiger partial charge in [0, 0.05) is 29.6 Å². The van der Waals surface area contributed by atoms with E-state index in [4.69, 9.17) is 0 Å². The zero-order valence-electron chi connectivity index (χ0n) is 11.1. The molecular formula is C15H13BrN2O3. The van der Waals surface area contributed by atoms with Gasteiger partial charge < -0.3 is 5.32 Å². The topological polar surface area (TPSA) is 72.2 Å². The van der Waals surface area contributed by atoms with Crippen LogP contribution in [0.25, 0.3) is 0 Å². The number of carbonyl (C=O) groups is 1. The van der Waals surface area contributed by atoms with E-state index in [0.717, 1.165) is 16.5 Å². The van der Waals surface area contributed by atoms with Gasteiger partial charge in [-0.05, 0) is 23.3 Å². The number of non-ortho nitro benzene ring substituents is 1. The number of hydrogen-bond donors (Lipinski definition) is 1. The molecule has 0 aliphatic carbocycles. The number of rotatable bonds is 5. The number of amides is 1. The summed E-state index contributed by atoms with van der Waals surface area (Å²) < 4.78 is 0. The van der Waals surface area contributed by atoms with Crippen molar-refractivity contribution >= 4 is 27.5 Å². The molecule has 5 nitrogen and oxygen atoms in total. The molecule has 0 bridgehead atoms. The van der Waals surface area contributed by atoms with Crippen LogP contribution < -0.4 is 5.32 Å². The van der Waals surface area contributed by atoms with Crippen LogP contribution in [0.2, 0.25) is 0 Å². The summed E-state index contributed by atoms with van der Waals surface area (Å²) in [6.07, 6.45) is 0. The third kappa shape index (κ3) is 4.13. The highest BCUT2D eigenvalue weighted by molar-refractivity contribution is 9.08. The summed E-state index contributed by atoms with van der Waals surface area (Å²) in [5.41, 5.74) is 2.51. The number of nitrogens with one attached hydrogen (secondary N) is 1. The molecule has 2 aromatic rings. The molecule has 0 spiro atoms. The van der Waals surface area contributed by atoms with Gasteiger partial charge in [-0.2, -0.15) is 0 Å². The van der Waals surface area contributed by atoms with Crippen LogP contribution in [0.1, 0.15) is 21.5 Å². The van der Waals surface area contributed by atoms with Crippen molar-refractivity contribution in [1.29, 1.82) is 0 Å². The molecule has 0 aliphatic heterocycles. The van der Waals surface area contributed by atoms with E-state index in [1.807, 2.05) is 24.3 Å². The van der Waals surface area contributed by atoms with Crippen molar-refractivity contribution in [1.82, 2.24) is 5.32 Å². The molecule has 0 fully saturated rings. The molecule has 0 aliphatic rings. The van der Waals surface area contributed by atoms with Crippen molar-refractivity contribution in [2.75, 3.05) is 0 Å². The van der Waals surface area contributed by atoms with Gasteiger partial charge in [-0.15, -0.1) is 0 Å². The van der Waals surface area contributed by atoms with Gasteiger partial charge in [0.25, 0.3) is 11.6 Å². The van der Waals surface area contributed by atoms with Gasteiger partial charge in [0.05, 0.1) is 4.92 Å². The molecule has 0 saturated heterocycles. The highest BCUT2D eigenvalue weighted by Crippen LogP contribution is 2.12. The lowest BCUT2D eigenvalue weighted by molar-refractivity contribution is -0.384. The summed E-state index contributed by atoms with van der Waals surface area (Å²) in [6, 6.07) is 13.4. The lowest BCUT2D eigenvalue weighted by atomic mass is 10.1. The quantitative estimate of drug-likeness (QED) is 0.511. The summed E-state index contributed by atoms with van der Waals surface area (Å²) in [6.45, 7) is 0.413. The van der Waals surface area contributed by atoms with Gasteiger partial charge in [0.1, 0.15) is 0 Å². The van der Waals surface area contributed by atoms with E-state index in [-0.39, 0.29) is 11.6 Å². The maximum atomic E-state index is 12.0. The van der Waals surface area contributed by atoms with Gasteiger partial charge in [-0.3, -0.25) is 14.9 Å². The first kappa shape index (κ1) is 15.2. The molecular weight excluding hydrogens is 336 g/mol. The molecule has 21 heavy (non-hydrogen) atoms. The Kier molecular flexibility index (Phi) is 5.05. The number of halogens is 1. The molecule has 2 rings (SSSR count). The molecule has 0 saturated carbocycles. The molecule has 6 heteroatoms. The van der Waals surface area contributed by atoms with Crippen LogP contribution >= 0.6 is 15.9 Å². The van der Waals surface area contributed by atoms with Crippen LogP contribution in [-0.2, 0) is 11.9 Å². The van der Waals surface area contributed by atoms with E-state index in [1.54, 1.807) is 0 Å². The minimum absolute atomic E-state index is 0.0310. The van der Waals surface area contributed by atoms with Crippen molar-refractivity contribution in [3.63, 3.8) is 0 Å². The zero-order chi connectivity index (χ0) is 15.2. The maximum absolute atomic E-state index is 12.0. The summed E-state index contributed by atoms with van der Waals surface area (Å²) in [5.74, 6) is -0.255. The Morgan fingerprint density at radius 2 is 1.81 bits per heavy atom. The van der Waals surface area contributed by atoms with Gasteiger partial charge in [-0.1, -0.05) is 40.2 Å². The van der Waals surface area contributed by atoms with Crippen molar-refractivity contribution in [3.8, 4) is 0 Å². The Hall–Kier alpha value is -2.21. The fourth-order valence-corrected chi connectivity index (χ4v) is 2.19. The Morgan fingerprint density at radius 3 is 2.43 bits per heavy atom. The fourth-order valence-electron chi connectivity index (χ4n) is 1.84. The first-order valence-corrected chi connectivity index (χ1v) is 7.39. The van der Waals surface area contributed by atoms with Gasteiger partial charge in [-0.25, -0.2) is 0 Å². The normalized spacial score (nSPS) is 10.1. The second-order valence-electron chi connectivity index (χ2n) is 4.44. The van der Waals surface area contributed by atoms with Crippen molar-refractivity contribution in [2.24, 2.45) is 0 Å². The van der Waals surface area contributed by atoms with E-state index in [9.17, 15) is 14.9 Å². The number of carbonyl (C=O) groups excluding carboxylic acids is 1. The number of benzene rings is 2. The van der Waals surface area contributed by atoms with Crippen LogP contribution in [0.15, 0.2) is 48.5 Å². The minimum atomic E-state index is -0.493. The molecule has 1 N–H and O–H groups in total. The SMILES string of the molecule is O=C(NCc1cccc(CBr)c1)c1ccc([N+](=O)[O-])cc1. The largest absolute Gasteiger partial charge is 0.348 e. The summed E-state index contributed by atoms with van der Waals surface area (Å²) in [7, 11) is 0. The Bertz CT molecular complexity index is 656. The van der Waals surface area contributed by atoms with Gasteiger partial charge in [0.2, 0.25) is 0 Å². The molecule has 1 amide bonds. The molecule has 0 radical (unpaired) electrons. The third-order valence-electron chi connectivity index (χ3n) is 2.94. The molecule has 0 unspecified atom stereocenters. The fraction of sp³-hybridized carbons (Fsp3) is 0.133. The smallest absolute Gasteiger partial charge is 0.269 e. The van der Waals surface area contributed by atoms with E-state index in [1.165, 1.54) is 24.3 Å². The van der Waals surface area contributed by atoms with Crippen molar-refractivity contribution in [2.45, 2.75) is 11.9 Å². The number of nitrogens with zero attached hydrogens (tertiary/aromatic N) is 1. The Morgan fingerprint density at radius 1 is 1.14 bits per heavy atom. The molecule has 0 atom stereocenters. The second kappa shape index (κ2) is 6.99. The van der Waals surface area contributed by atoms with Gasteiger partial charge in [0.15, 0.2) is 0 Å². The summed E-state index contributed by atoms with van der Waals surface area (Å²) in [4.78, 5) is 22.0. The predicted molar refractivity (Wildman–Crippen MR) is 83.3 cm³/mol. The molecule has 0 aromatic heterocycles. The highest BCUT2D eigenvalue weighted by atomic mass is 79.9. The van der Waals surface area contributed by atoms with Crippen LogP contribution in [0, 0.1) is 10.1 Å². The summed E-state index contributed by atoms with van der Waals surface area (Å²) in [5, 5.41) is 14.1. The monoisotopic (exact) mass is 348 g/mol. The number of alkyl halides is 1. The van der Waals surface area contributed by atoms with Crippen LogP contribution in [0.4, 0.5) is 5.69 Å². The molecule has 108 valence electrons. The van der Waals surface area contributed by atoms with Crippen molar-refractivity contribution < 1.29 is 9.72 Å². The Labute approximate surface area is 130 Å². The lowest BCUT2D eigenvalue weighted by Crippen LogP contribution is -2.22. The number of nitro groups is 1. The van der Waals surface area contributed by atoms with Crippen molar-refractivity contribution in [3.05, 3.63) is 75.3 Å². The van der Waals surface area contributed by atoms with Crippen LogP contribution in [-0.4, -0.2) is 10.8 Å². The average Bonchev–Trinajstić information content (AvgIpc) is 2.53. The van der Waals surface area contributed by atoms with E-state index in [2.05, 4.69) is 21.2 Å². The van der Waals surface area contributed by atoms with E-state index in [0.29, 0.717) is 12.1 Å². The second-order valence-corrected chi connectivity index (χ2v) is 5.00. The van der Waals surface area contributed by atoms with Crippen LogP contribution in [0.5, 0.6) is 0 Å². The standard InChI is InChI=1S/C15H13BrN2O3/c16-9-11-2-1-3-12(8-11)10-17-15(19)13-4-6-14(7-5-13)18(20)21/h1-8H,9-10H2,(H,17,19).